The molecule has 0 saturated carbocycles. The van der Waals surface area contributed by atoms with Crippen molar-refractivity contribution in [2.24, 2.45) is 0 Å². The first-order valence-corrected chi connectivity index (χ1v) is 8.42. The number of aromatic nitrogens is 1. The monoisotopic (exact) mass is 361 g/mol. The third-order valence-corrected chi connectivity index (χ3v) is 3.77. The molecule has 3 rings (SSSR count). The molecule has 2 aromatic carbocycles. The van der Waals surface area contributed by atoms with Crippen molar-refractivity contribution in [2.75, 3.05) is 7.11 Å². The summed E-state index contributed by atoms with van der Waals surface area (Å²) in [7, 11) is 1.35. The number of benzene rings is 2. The van der Waals surface area contributed by atoms with E-state index in [4.69, 9.17) is 14.2 Å². The van der Waals surface area contributed by atoms with Gasteiger partial charge < -0.3 is 14.2 Å². The summed E-state index contributed by atoms with van der Waals surface area (Å²) in [5.74, 6) is 1.75. The third-order valence-electron chi connectivity index (χ3n) is 3.77. The Kier molecular flexibility index (Phi) is 5.84. The number of hydrogen-bond acceptors (Lipinski definition) is 5. The molecule has 1 heterocycles. The zero-order valence-corrected chi connectivity index (χ0v) is 15.1. The maximum absolute atomic E-state index is 12.0. The number of pyridine rings is 1. The lowest BCUT2D eigenvalue weighted by Gasteiger charge is -2.13. The standard InChI is InChI=1S/C22H19NO4/c1-3-18(22(24)25-2)19-11-7-8-12-20(19)27-21-15-17(13-14-23-21)26-16-9-5-4-6-10-16/h3-15H,1-2H3. The van der Waals surface area contributed by atoms with E-state index in [1.165, 1.54) is 7.11 Å². The summed E-state index contributed by atoms with van der Waals surface area (Å²) in [6.07, 6.45) is 3.30. The summed E-state index contributed by atoms with van der Waals surface area (Å²) in [5.41, 5.74) is 1.05. The SMILES string of the molecule is CC=C(C(=O)OC)c1ccccc1Oc1cc(Oc2ccccc2)ccn1. The minimum atomic E-state index is -0.428. The Morgan fingerprint density at radius 3 is 2.41 bits per heavy atom. The van der Waals surface area contributed by atoms with Crippen LogP contribution in [0.1, 0.15) is 12.5 Å². The van der Waals surface area contributed by atoms with E-state index in [-0.39, 0.29) is 0 Å². The van der Waals surface area contributed by atoms with Crippen LogP contribution >= 0.6 is 0 Å². The van der Waals surface area contributed by atoms with E-state index in [2.05, 4.69) is 4.98 Å². The fourth-order valence-electron chi connectivity index (χ4n) is 2.52. The van der Waals surface area contributed by atoms with Gasteiger partial charge in [0.1, 0.15) is 17.2 Å². The molecule has 0 atom stereocenters. The second-order valence-corrected chi connectivity index (χ2v) is 5.54. The molecule has 5 heteroatoms. The summed E-state index contributed by atoms with van der Waals surface area (Å²) >= 11 is 0. The Morgan fingerprint density at radius 1 is 0.926 bits per heavy atom. The molecule has 0 unspecified atom stereocenters. The number of ether oxygens (including phenoxy) is 3. The van der Waals surface area contributed by atoms with Gasteiger partial charge in [-0.1, -0.05) is 42.5 Å². The molecule has 0 bridgehead atoms. The van der Waals surface area contributed by atoms with Crippen LogP contribution in [0.2, 0.25) is 0 Å². The lowest BCUT2D eigenvalue weighted by atomic mass is 10.0. The Bertz CT molecular complexity index is 951. The summed E-state index contributed by atoms with van der Waals surface area (Å²) in [5, 5.41) is 0. The maximum Gasteiger partial charge on any atom is 0.338 e. The zero-order valence-electron chi connectivity index (χ0n) is 15.1. The van der Waals surface area contributed by atoms with Crippen molar-refractivity contribution in [3.05, 3.63) is 84.6 Å². The predicted octanol–water partition coefficient (Wildman–Crippen LogP) is 5.24. The van der Waals surface area contributed by atoms with E-state index in [0.717, 1.165) is 5.75 Å². The molecule has 0 fully saturated rings. The summed E-state index contributed by atoms with van der Waals surface area (Å²) in [4.78, 5) is 16.3. The van der Waals surface area contributed by atoms with Crippen molar-refractivity contribution in [3.63, 3.8) is 0 Å². The molecule has 0 spiro atoms. The Morgan fingerprint density at radius 2 is 1.67 bits per heavy atom. The Balaban J connectivity index is 1.86. The minimum Gasteiger partial charge on any atom is -0.465 e. The summed E-state index contributed by atoms with van der Waals surface area (Å²) < 4.78 is 16.6. The normalized spacial score (nSPS) is 11.0. The van der Waals surface area contributed by atoms with E-state index in [1.807, 2.05) is 42.5 Å². The highest BCUT2D eigenvalue weighted by Gasteiger charge is 2.16. The lowest BCUT2D eigenvalue weighted by molar-refractivity contribution is -0.133. The smallest absolute Gasteiger partial charge is 0.338 e. The molecule has 0 aliphatic rings. The number of para-hydroxylation sites is 2. The molecule has 136 valence electrons. The molecular formula is C22H19NO4. The fraction of sp³-hybridized carbons (Fsp3) is 0.0909. The van der Waals surface area contributed by atoms with Gasteiger partial charge in [0.2, 0.25) is 5.88 Å². The van der Waals surface area contributed by atoms with Gasteiger partial charge in [-0.05, 0) is 31.2 Å². The van der Waals surface area contributed by atoms with E-state index >= 15 is 0 Å². The van der Waals surface area contributed by atoms with Crippen molar-refractivity contribution in [1.29, 1.82) is 0 Å². The average Bonchev–Trinajstić information content (AvgIpc) is 2.70. The van der Waals surface area contributed by atoms with Gasteiger partial charge in [-0.25, -0.2) is 9.78 Å². The van der Waals surface area contributed by atoms with Gasteiger partial charge in [0.05, 0.1) is 12.7 Å². The zero-order chi connectivity index (χ0) is 19.1. The van der Waals surface area contributed by atoms with E-state index in [9.17, 15) is 4.79 Å². The fourth-order valence-corrected chi connectivity index (χ4v) is 2.52. The molecule has 0 N–H and O–H groups in total. The number of methoxy groups -OCH3 is 1. The molecule has 0 amide bonds. The molecular weight excluding hydrogens is 342 g/mol. The van der Waals surface area contributed by atoms with Gasteiger partial charge >= 0.3 is 5.97 Å². The average molecular weight is 361 g/mol. The largest absolute Gasteiger partial charge is 0.465 e. The van der Waals surface area contributed by atoms with Crippen LogP contribution in [-0.4, -0.2) is 18.1 Å². The number of carbonyl (C=O) groups is 1. The second kappa shape index (κ2) is 8.67. The van der Waals surface area contributed by atoms with Gasteiger partial charge in [-0.3, -0.25) is 0 Å². The van der Waals surface area contributed by atoms with Crippen molar-refractivity contribution >= 4 is 11.5 Å². The molecule has 0 aliphatic carbocycles. The third kappa shape index (κ3) is 4.52. The summed E-state index contributed by atoms with van der Waals surface area (Å²) in [6, 6.07) is 20.1. The van der Waals surface area contributed by atoms with Crippen LogP contribution in [0.25, 0.3) is 5.57 Å². The van der Waals surface area contributed by atoms with Crippen LogP contribution < -0.4 is 9.47 Å². The van der Waals surface area contributed by atoms with E-state index in [1.54, 1.807) is 43.5 Å². The topological polar surface area (TPSA) is 57.7 Å². The van der Waals surface area contributed by atoms with Gasteiger partial charge in [-0.2, -0.15) is 0 Å². The van der Waals surface area contributed by atoms with Crippen molar-refractivity contribution in [2.45, 2.75) is 6.92 Å². The minimum absolute atomic E-state index is 0.358. The number of allylic oxidation sites excluding steroid dienone is 1. The summed E-state index contributed by atoms with van der Waals surface area (Å²) in [6.45, 7) is 1.77. The molecule has 3 aromatic rings. The van der Waals surface area contributed by atoms with Gasteiger partial charge in [0, 0.05) is 17.8 Å². The molecule has 27 heavy (non-hydrogen) atoms. The van der Waals surface area contributed by atoms with Gasteiger partial charge in [0.15, 0.2) is 0 Å². The number of rotatable bonds is 6. The molecule has 0 saturated heterocycles. The highest BCUT2D eigenvalue weighted by molar-refractivity contribution is 6.17. The highest BCUT2D eigenvalue weighted by atomic mass is 16.5. The van der Waals surface area contributed by atoms with E-state index in [0.29, 0.717) is 28.5 Å². The van der Waals surface area contributed by atoms with Gasteiger partial charge in [0.25, 0.3) is 0 Å². The number of esters is 1. The first kappa shape index (κ1) is 18.2. The van der Waals surface area contributed by atoms with E-state index < -0.39 is 5.97 Å². The first-order chi connectivity index (χ1) is 13.2. The van der Waals surface area contributed by atoms with Crippen LogP contribution in [0, 0.1) is 0 Å². The van der Waals surface area contributed by atoms with Crippen molar-refractivity contribution in [1.82, 2.24) is 4.98 Å². The van der Waals surface area contributed by atoms with Crippen LogP contribution in [0.5, 0.6) is 23.1 Å². The Labute approximate surface area is 157 Å². The lowest BCUT2D eigenvalue weighted by Crippen LogP contribution is -2.05. The van der Waals surface area contributed by atoms with Crippen LogP contribution in [-0.2, 0) is 9.53 Å². The molecule has 5 nitrogen and oxygen atoms in total. The predicted molar refractivity (Wildman–Crippen MR) is 103 cm³/mol. The van der Waals surface area contributed by atoms with Crippen LogP contribution in [0.3, 0.4) is 0 Å². The van der Waals surface area contributed by atoms with Crippen LogP contribution in [0.15, 0.2) is 79.0 Å². The second-order valence-electron chi connectivity index (χ2n) is 5.54. The van der Waals surface area contributed by atoms with Gasteiger partial charge in [-0.15, -0.1) is 0 Å². The Hall–Kier alpha value is -3.60. The molecule has 1 aromatic heterocycles. The first-order valence-electron chi connectivity index (χ1n) is 8.42. The maximum atomic E-state index is 12.0. The highest BCUT2D eigenvalue weighted by Crippen LogP contribution is 2.32. The quantitative estimate of drug-likeness (QED) is 0.444. The molecule has 0 aliphatic heterocycles. The number of nitrogens with zero attached hydrogens (tertiary/aromatic N) is 1. The van der Waals surface area contributed by atoms with Crippen LogP contribution in [0.4, 0.5) is 0 Å². The number of hydrogen-bond donors (Lipinski definition) is 0. The van der Waals surface area contributed by atoms with Crippen molar-refractivity contribution < 1.29 is 19.0 Å². The number of carbonyl (C=O) groups excluding carboxylic acids is 1. The van der Waals surface area contributed by atoms with Crippen molar-refractivity contribution in [3.8, 4) is 23.1 Å². The molecule has 0 radical (unpaired) electrons.